The molecule has 2 fully saturated rings. The van der Waals surface area contributed by atoms with E-state index in [4.69, 9.17) is 0 Å². The Morgan fingerprint density at radius 1 is 0.889 bits per heavy atom. The van der Waals surface area contributed by atoms with Gasteiger partial charge in [0.05, 0.1) is 0 Å². The van der Waals surface area contributed by atoms with E-state index in [0.717, 1.165) is 51.6 Å². The van der Waals surface area contributed by atoms with Gasteiger partial charge in [-0.05, 0) is 32.7 Å². The largest absolute Gasteiger partial charge is 0.305 e. The Morgan fingerprint density at radius 2 is 1.33 bits per heavy atom. The summed E-state index contributed by atoms with van der Waals surface area (Å²) in [4.78, 5) is 25.8. The summed E-state index contributed by atoms with van der Waals surface area (Å²) in [5, 5.41) is 0. The SMILES string of the molecule is CN(C[C@H]1CCCCC1=O)C[C@H]1CCCCC1=O. The maximum absolute atomic E-state index is 11.8. The number of carbonyl (C=O) groups is 2. The van der Waals surface area contributed by atoms with Crippen LogP contribution in [0.15, 0.2) is 0 Å². The van der Waals surface area contributed by atoms with E-state index in [9.17, 15) is 9.59 Å². The number of Topliss-reactive ketones (excluding diaryl/α,β-unsaturated/α-hetero) is 2. The molecule has 0 heterocycles. The molecule has 0 aromatic heterocycles. The van der Waals surface area contributed by atoms with E-state index >= 15 is 0 Å². The minimum atomic E-state index is 0.224. The van der Waals surface area contributed by atoms with Gasteiger partial charge in [-0.2, -0.15) is 0 Å². The van der Waals surface area contributed by atoms with E-state index in [1.165, 1.54) is 12.8 Å². The second kappa shape index (κ2) is 6.46. The third-order valence-corrected chi connectivity index (χ3v) is 4.43. The molecular weight excluding hydrogens is 226 g/mol. The van der Waals surface area contributed by atoms with Crippen LogP contribution in [0, 0.1) is 11.8 Å². The molecule has 0 bridgehead atoms. The summed E-state index contributed by atoms with van der Waals surface area (Å²) in [6, 6.07) is 0. The minimum Gasteiger partial charge on any atom is -0.305 e. The van der Waals surface area contributed by atoms with Crippen molar-refractivity contribution in [1.29, 1.82) is 0 Å². The molecule has 0 unspecified atom stereocenters. The van der Waals surface area contributed by atoms with Crippen molar-refractivity contribution >= 4 is 11.6 Å². The van der Waals surface area contributed by atoms with Crippen molar-refractivity contribution in [2.24, 2.45) is 11.8 Å². The zero-order chi connectivity index (χ0) is 13.0. The Balaban J connectivity index is 1.78. The summed E-state index contributed by atoms with van der Waals surface area (Å²) in [5.41, 5.74) is 0. The topological polar surface area (TPSA) is 37.4 Å². The lowest BCUT2D eigenvalue weighted by Gasteiger charge is -2.29. The lowest BCUT2D eigenvalue weighted by atomic mass is 9.86. The Morgan fingerprint density at radius 3 is 1.72 bits per heavy atom. The van der Waals surface area contributed by atoms with Crippen molar-refractivity contribution in [3.05, 3.63) is 0 Å². The Bertz CT molecular complexity index is 284. The molecule has 3 heteroatoms. The average molecular weight is 251 g/mol. The highest BCUT2D eigenvalue weighted by atomic mass is 16.1. The van der Waals surface area contributed by atoms with Crippen LogP contribution in [-0.2, 0) is 9.59 Å². The Labute approximate surface area is 110 Å². The van der Waals surface area contributed by atoms with Crippen LogP contribution in [-0.4, -0.2) is 36.6 Å². The van der Waals surface area contributed by atoms with Crippen LogP contribution < -0.4 is 0 Å². The smallest absolute Gasteiger partial charge is 0.137 e. The van der Waals surface area contributed by atoms with Crippen LogP contribution in [0.5, 0.6) is 0 Å². The van der Waals surface area contributed by atoms with Gasteiger partial charge in [-0.1, -0.05) is 12.8 Å². The van der Waals surface area contributed by atoms with E-state index < -0.39 is 0 Å². The normalized spacial score (nSPS) is 29.9. The van der Waals surface area contributed by atoms with Gasteiger partial charge in [-0.3, -0.25) is 9.59 Å². The Kier molecular flexibility index (Phi) is 4.93. The van der Waals surface area contributed by atoms with Gasteiger partial charge in [0.25, 0.3) is 0 Å². The van der Waals surface area contributed by atoms with Crippen molar-refractivity contribution < 1.29 is 9.59 Å². The number of rotatable bonds is 4. The maximum atomic E-state index is 11.8. The average Bonchev–Trinajstić information content (AvgIpc) is 2.35. The van der Waals surface area contributed by atoms with E-state index in [0.29, 0.717) is 11.6 Å². The predicted octanol–water partition coefficient (Wildman–Crippen LogP) is 2.44. The van der Waals surface area contributed by atoms with Crippen molar-refractivity contribution in [3.63, 3.8) is 0 Å². The first kappa shape index (κ1) is 13.7. The molecule has 0 aromatic carbocycles. The molecular formula is C15H25NO2. The van der Waals surface area contributed by atoms with Gasteiger partial charge in [-0.25, -0.2) is 0 Å². The van der Waals surface area contributed by atoms with Crippen LogP contribution >= 0.6 is 0 Å². The highest BCUT2D eigenvalue weighted by Crippen LogP contribution is 2.24. The predicted molar refractivity (Wildman–Crippen MR) is 71.4 cm³/mol. The third kappa shape index (κ3) is 3.64. The number of hydrogen-bond acceptors (Lipinski definition) is 3. The summed E-state index contributed by atoms with van der Waals surface area (Å²) >= 11 is 0. The highest BCUT2D eigenvalue weighted by Gasteiger charge is 2.27. The quantitative estimate of drug-likeness (QED) is 0.770. The summed E-state index contributed by atoms with van der Waals surface area (Å²) in [5.74, 6) is 1.32. The molecule has 0 saturated heterocycles. The fourth-order valence-corrected chi connectivity index (χ4v) is 3.32. The van der Waals surface area contributed by atoms with Gasteiger partial charge in [0.15, 0.2) is 0 Å². The molecule has 0 aliphatic heterocycles. The van der Waals surface area contributed by atoms with Crippen molar-refractivity contribution in [1.82, 2.24) is 4.90 Å². The number of hydrogen-bond donors (Lipinski definition) is 0. The molecule has 0 aromatic rings. The zero-order valence-corrected chi connectivity index (χ0v) is 11.5. The summed E-state index contributed by atoms with van der Waals surface area (Å²) in [6.07, 6.45) is 8.13. The van der Waals surface area contributed by atoms with Crippen LogP contribution in [0.1, 0.15) is 51.4 Å². The molecule has 0 N–H and O–H groups in total. The molecule has 2 saturated carbocycles. The molecule has 2 atom stereocenters. The van der Waals surface area contributed by atoms with Gasteiger partial charge >= 0.3 is 0 Å². The van der Waals surface area contributed by atoms with Crippen molar-refractivity contribution in [3.8, 4) is 0 Å². The lowest BCUT2D eigenvalue weighted by Crippen LogP contribution is -2.37. The van der Waals surface area contributed by atoms with Crippen LogP contribution in [0.4, 0.5) is 0 Å². The van der Waals surface area contributed by atoms with E-state index in [2.05, 4.69) is 11.9 Å². The van der Waals surface area contributed by atoms with Gasteiger partial charge in [0.1, 0.15) is 11.6 Å². The standard InChI is InChI=1S/C15H25NO2/c1-16(10-12-6-2-4-8-14(12)17)11-13-7-3-5-9-15(13)18/h12-13H,2-11H2,1H3/t12-,13-/m1/s1. The van der Waals surface area contributed by atoms with Gasteiger partial charge in [0.2, 0.25) is 0 Å². The molecule has 0 radical (unpaired) electrons. The molecule has 0 amide bonds. The Hall–Kier alpha value is -0.700. The zero-order valence-electron chi connectivity index (χ0n) is 11.5. The van der Waals surface area contributed by atoms with E-state index in [-0.39, 0.29) is 11.8 Å². The number of carbonyl (C=O) groups excluding carboxylic acids is 2. The van der Waals surface area contributed by atoms with Gasteiger partial charge < -0.3 is 4.90 Å². The second-order valence-electron chi connectivity index (χ2n) is 6.04. The third-order valence-electron chi connectivity index (χ3n) is 4.43. The molecule has 3 nitrogen and oxygen atoms in total. The molecule has 18 heavy (non-hydrogen) atoms. The fourth-order valence-electron chi connectivity index (χ4n) is 3.32. The minimum absolute atomic E-state index is 0.224. The van der Waals surface area contributed by atoms with E-state index in [1.807, 2.05) is 0 Å². The first-order chi connectivity index (χ1) is 8.66. The molecule has 2 aliphatic rings. The molecule has 2 aliphatic carbocycles. The summed E-state index contributed by atoms with van der Waals surface area (Å²) in [7, 11) is 2.06. The van der Waals surface area contributed by atoms with Crippen LogP contribution in [0.25, 0.3) is 0 Å². The summed E-state index contributed by atoms with van der Waals surface area (Å²) < 4.78 is 0. The lowest BCUT2D eigenvalue weighted by molar-refractivity contribution is -0.125. The molecule has 0 spiro atoms. The van der Waals surface area contributed by atoms with E-state index in [1.54, 1.807) is 0 Å². The monoisotopic (exact) mass is 251 g/mol. The highest BCUT2D eigenvalue weighted by molar-refractivity contribution is 5.82. The first-order valence-corrected chi connectivity index (χ1v) is 7.41. The van der Waals surface area contributed by atoms with Crippen LogP contribution in [0.2, 0.25) is 0 Å². The summed E-state index contributed by atoms with van der Waals surface area (Å²) in [6.45, 7) is 1.70. The van der Waals surface area contributed by atoms with Crippen molar-refractivity contribution in [2.45, 2.75) is 51.4 Å². The van der Waals surface area contributed by atoms with Crippen LogP contribution in [0.3, 0.4) is 0 Å². The van der Waals surface area contributed by atoms with Gasteiger partial charge in [-0.15, -0.1) is 0 Å². The number of nitrogens with zero attached hydrogens (tertiary/aromatic N) is 1. The van der Waals surface area contributed by atoms with Crippen molar-refractivity contribution in [2.75, 3.05) is 20.1 Å². The fraction of sp³-hybridized carbons (Fsp3) is 0.867. The van der Waals surface area contributed by atoms with Gasteiger partial charge in [0, 0.05) is 37.8 Å². The molecule has 102 valence electrons. The maximum Gasteiger partial charge on any atom is 0.137 e. The second-order valence-corrected chi connectivity index (χ2v) is 6.04. The number of ketones is 2. The molecule has 2 rings (SSSR count). The first-order valence-electron chi connectivity index (χ1n) is 7.41.